The molecule has 1 aromatic carbocycles. The first-order chi connectivity index (χ1) is 19.5. The molecule has 0 atom stereocenters. The number of likely N-dealkylation sites (tertiary alicyclic amines) is 1. The minimum atomic E-state index is 0.202. The van der Waals surface area contributed by atoms with Gasteiger partial charge in [0.25, 0.3) is 5.24 Å². The van der Waals surface area contributed by atoms with Crippen molar-refractivity contribution in [3.63, 3.8) is 0 Å². The van der Waals surface area contributed by atoms with Gasteiger partial charge in [0.15, 0.2) is 0 Å². The third-order valence-corrected chi connectivity index (χ3v) is 8.85. The highest BCUT2D eigenvalue weighted by molar-refractivity contribution is 8.13. The third-order valence-electron chi connectivity index (χ3n) is 7.51. The van der Waals surface area contributed by atoms with Crippen LogP contribution in [0.2, 0.25) is 0 Å². The summed E-state index contributed by atoms with van der Waals surface area (Å²) < 4.78 is 0. The number of piperidine rings is 1. The van der Waals surface area contributed by atoms with E-state index in [0.717, 1.165) is 67.2 Å². The highest BCUT2D eigenvalue weighted by Gasteiger charge is 2.31. The number of aryl methyl sites for hydroxylation is 1. The zero-order valence-corrected chi connectivity index (χ0v) is 27.2. The van der Waals surface area contributed by atoms with Gasteiger partial charge in [0, 0.05) is 68.4 Å². The fraction of sp³-hybridized carbons (Fsp3) is 0.545. The van der Waals surface area contributed by atoms with E-state index < -0.39 is 0 Å². The van der Waals surface area contributed by atoms with Crippen LogP contribution in [-0.4, -0.2) is 89.0 Å². The number of benzene rings is 1. The molecule has 2 aromatic rings. The summed E-state index contributed by atoms with van der Waals surface area (Å²) in [5.74, 6) is 2.26. The van der Waals surface area contributed by atoms with Crippen molar-refractivity contribution >= 4 is 34.1 Å². The molecular formula is C33H50N6OS. The molecule has 0 aliphatic carbocycles. The molecule has 1 aromatic heterocycles. The number of amides is 1. The Balaban J connectivity index is 2.06. The molecule has 1 N–H and O–H groups in total. The maximum absolute atomic E-state index is 12.9. The van der Waals surface area contributed by atoms with E-state index in [1.807, 2.05) is 17.2 Å². The number of carbonyl (C=O) groups is 1. The van der Waals surface area contributed by atoms with Crippen LogP contribution < -0.4 is 5.32 Å². The number of nitrogens with one attached hydrogen (secondary N) is 1. The van der Waals surface area contributed by atoms with Crippen LogP contribution in [0.4, 0.5) is 10.7 Å². The Morgan fingerprint density at radius 2 is 1.85 bits per heavy atom. The van der Waals surface area contributed by atoms with Gasteiger partial charge in [-0.05, 0) is 70.8 Å². The number of aromatic nitrogens is 2. The maximum atomic E-state index is 12.9. The van der Waals surface area contributed by atoms with Crippen molar-refractivity contribution in [2.24, 2.45) is 11.8 Å². The van der Waals surface area contributed by atoms with Gasteiger partial charge in [0.1, 0.15) is 0 Å². The predicted octanol–water partition coefficient (Wildman–Crippen LogP) is 6.74. The number of thioether (sulfide) groups is 1. The molecule has 7 nitrogen and oxygen atoms in total. The smallest absolute Gasteiger partial charge is 0.281 e. The molecule has 0 spiro atoms. The van der Waals surface area contributed by atoms with Gasteiger partial charge in [-0.3, -0.25) is 4.79 Å². The molecule has 0 saturated carbocycles. The lowest BCUT2D eigenvalue weighted by Gasteiger charge is -2.39. The monoisotopic (exact) mass is 578 g/mol. The molecule has 1 aliphatic heterocycles. The summed E-state index contributed by atoms with van der Waals surface area (Å²) in [4.78, 5) is 29.0. The summed E-state index contributed by atoms with van der Waals surface area (Å²) >= 11 is 1.45. The SMILES string of the molecule is C=C(/C(=C(/C1CCN(C(=O)SCC(C)C)CC1)N(C)C(C)C)c1ccnc(NCCN(C)C)n1)c1cccc(C)c1. The van der Waals surface area contributed by atoms with Crippen LogP contribution in [0.25, 0.3) is 11.1 Å². The highest BCUT2D eigenvalue weighted by atomic mass is 32.2. The van der Waals surface area contributed by atoms with Crippen LogP contribution in [0.1, 0.15) is 57.4 Å². The standard InChI is InChI=1S/C33H50N6OS/c1-23(2)22-41-33(40)39-18-14-27(15-19-39)31(38(9)24(3)4)30(26(6)28-12-10-11-25(5)21-28)29-13-16-34-32(36-29)35-17-20-37(7)8/h10-13,16,21,23-24,27H,6,14-15,17-20,22H2,1-5,7-9H3,(H,34,35,36)/b31-30+. The minimum absolute atomic E-state index is 0.202. The van der Waals surface area contributed by atoms with Crippen LogP contribution in [0, 0.1) is 18.8 Å². The number of rotatable bonds is 12. The number of allylic oxidation sites excluding steroid dienone is 3. The first-order valence-corrected chi connectivity index (χ1v) is 15.8. The molecule has 1 amide bonds. The Morgan fingerprint density at radius 1 is 1.15 bits per heavy atom. The highest BCUT2D eigenvalue weighted by Crippen LogP contribution is 2.40. The Kier molecular flexibility index (Phi) is 12.3. The van der Waals surface area contributed by atoms with E-state index in [9.17, 15) is 4.79 Å². The van der Waals surface area contributed by atoms with Crippen LogP contribution >= 0.6 is 11.8 Å². The normalized spacial score (nSPS) is 15.0. The van der Waals surface area contributed by atoms with Gasteiger partial charge in [-0.2, -0.15) is 0 Å². The van der Waals surface area contributed by atoms with Gasteiger partial charge in [-0.25, -0.2) is 9.97 Å². The summed E-state index contributed by atoms with van der Waals surface area (Å²) in [6.07, 6.45) is 3.65. The fourth-order valence-corrected chi connectivity index (χ4v) is 5.84. The number of nitrogens with zero attached hydrogens (tertiary/aromatic N) is 5. The van der Waals surface area contributed by atoms with Crippen molar-refractivity contribution in [1.82, 2.24) is 24.7 Å². The van der Waals surface area contributed by atoms with Crippen molar-refractivity contribution < 1.29 is 4.79 Å². The largest absolute Gasteiger partial charge is 0.375 e. The lowest BCUT2D eigenvalue weighted by Crippen LogP contribution is -2.40. The second-order valence-corrected chi connectivity index (χ2v) is 13.0. The van der Waals surface area contributed by atoms with Gasteiger partial charge < -0.3 is 20.0 Å². The molecule has 1 aliphatic rings. The third kappa shape index (κ3) is 9.33. The number of anilines is 1. The van der Waals surface area contributed by atoms with Crippen molar-refractivity contribution in [3.8, 4) is 0 Å². The Bertz CT molecular complexity index is 1200. The van der Waals surface area contributed by atoms with Crippen LogP contribution in [0.3, 0.4) is 0 Å². The summed E-state index contributed by atoms with van der Waals surface area (Å²) in [5, 5.41) is 3.59. The van der Waals surface area contributed by atoms with Crippen LogP contribution in [0.5, 0.6) is 0 Å². The van der Waals surface area contributed by atoms with Gasteiger partial charge >= 0.3 is 0 Å². The number of carbonyl (C=O) groups excluding carboxylic acids is 1. The molecule has 2 heterocycles. The summed E-state index contributed by atoms with van der Waals surface area (Å²) in [5.41, 5.74) is 6.41. The molecule has 3 rings (SSSR count). The van der Waals surface area contributed by atoms with Crippen molar-refractivity contribution in [2.45, 2.75) is 53.5 Å². The van der Waals surface area contributed by atoms with E-state index in [0.29, 0.717) is 11.9 Å². The van der Waals surface area contributed by atoms with E-state index in [1.165, 1.54) is 23.0 Å². The zero-order chi connectivity index (χ0) is 30.1. The van der Waals surface area contributed by atoms with E-state index in [2.05, 4.69) is 107 Å². The van der Waals surface area contributed by atoms with Gasteiger partial charge in [0.2, 0.25) is 5.95 Å². The average Bonchev–Trinajstić information content (AvgIpc) is 2.94. The molecule has 8 heteroatoms. The van der Waals surface area contributed by atoms with Crippen molar-refractivity contribution in [2.75, 3.05) is 58.4 Å². The van der Waals surface area contributed by atoms with Crippen LogP contribution in [0.15, 0.2) is 48.8 Å². The Labute approximate surface area is 252 Å². The van der Waals surface area contributed by atoms with E-state index >= 15 is 0 Å². The Morgan fingerprint density at radius 3 is 2.46 bits per heavy atom. The molecule has 41 heavy (non-hydrogen) atoms. The molecule has 224 valence electrons. The lowest BCUT2D eigenvalue weighted by molar-refractivity contribution is 0.187. The predicted molar refractivity (Wildman–Crippen MR) is 176 cm³/mol. The Hall–Kier alpha value is -2.84. The lowest BCUT2D eigenvalue weighted by atomic mass is 9.84. The maximum Gasteiger partial charge on any atom is 0.281 e. The minimum Gasteiger partial charge on any atom is -0.375 e. The average molecular weight is 579 g/mol. The second kappa shape index (κ2) is 15.4. The second-order valence-electron chi connectivity index (χ2n) is 12.0. The summed E-state index contributed by atoms with van der Waals surface area (Å²) in [6.45, 7) is 18.7. The molecule has 0 unspecified atom stereocenters. The topological polar surface area (TPSA) is 64.6 Å². The quantitative estimate of drug-likeness (QED) is 0.280. The van der Waals surface area contributed by atoms with Crippen molar-refractivity contribution in [1.29, 1.82) is 0 Å². The first-order valence-electron chi connectivity index (χ1n) is 14.8. The number of likely N-dealkylation sites (N-methyl/N-ethyl adjacent to an activating group) is 1. The molecular weight excluding hydrogens is 528 g/mol. The molecule has 1 fully saturated rings. The number of hydrogen-bond donors (Lipinski definition) is 1. The van der Waals surface area contributed by atoms with Gasteiger partial charge in [-0.15, -0.1) is 0 Å². The van der Waals surface area contributed by atoms with E-state index in [4.69, 9.17) is 4.98 Å². The zero-order valence-electron chi connectivity index (χ0n) is 26.4. The van der Waals surface area contributed by atoms with E-state index in [-0.39, 0.29) is 17.2 Å². The number of hydrogen-bond acceptors (Lipinski definition) is 7. The summed E-state index contributed by atoms with van der Waals surface area (Å²) in [6, 6.07) is 10.8. The van der Waals surface area contributed by atoms with Crippen molar-refractivity contribution in [3.05, 3.63) is 65.6 Å². The van der Waals surface area contributed by atoms with Crippen LogP contribution in [-0.2, 0) is 0 Å². The summed E-state index contributed by atoms with van der Waals surface area (Å²) in [7, 11) is 6.29. The molecule has 1 saturated heterocycles. The van der Waals surface area contributed by atoms with E-state index in [1.54, 1.807) is 0 Å². The fourth-order valence-electron chi connectivity index (χ4n) is 5.00. The molecule has 0 bridgehead atoms. The van der Waals surface area contributed by atoms with Gasteiger partial charge in [-0.1, -0.05) is 62.0 Å². The van der Waals surface area contributed by atoms with Gasteiger partial charge in [0.05, 0.1) is 5.69 Å². The first kappa shape index (κ1) is 32.7. The molecule has 0 radical (unpaired) electrons.